The minimum Gasteiger partial charge on any atom is -0.396 e. The molecule has 1 rings (SSSR count). The molecule has 0 spiro atoms. The van der Waals surface area contributed by atoms with E-state index in [1.165, 1.54) is 6.26 Å². The predicted molar refractivity (Wildman–Crippen MR) is 51.1 cm³/mol. The first-order valence-electron chi connectivity index (χ1n) is 4.49. The van der Waals surface area contributed by atoms with E-state index in [1.807, 2.05) is 0 Å². The Labute approximate surface area is 79.0 Å². The van der Waals surface area contributed by atoms with Crippen LogP contribution in [0.5, 0.6) is 0 Å². The van der Waals surface area contributed by atoms with E-state index in [0.717, 1.165) is 6.42 Å². The van der Waals surface area contributed by atoms with Crippen LogP contribution in [0.1, 0.15) is 25.7 Å². The van der Waals surface area contributed by atoms with Crippen molar-refractivity contribution in [1.82, 2.24) is 0 Å². The average molecular weight is 207 g/mol. The lowest BCUT2D eigenvalue weighted by molar-refractivity contribution is 0.240. The second-order valence-corrected chi connectivity index (χ2v) is 6.15. The van der Waals surface area contributed by atoms with E-state index in [9.17, 15) is 8.42 Å². The van der Waals surface area contributed by atoms with Crippen molar-refractivity contribution in [3.8, 4) is 0 Å². The fourth-order valence-corrected chi connectivity index (χ4v) is 3.88. The van der Waals surface area contributed by atoms with Crippen molar-refractivity contribution >= 4 is 9.84 Å². The summed E-state index contributed by atoms with van der Waals surface area (Å²) in [5.41, 5.74) is 5.27. The number of aliphatic hydroxyl groups excluding tert-OH is 1. The van der Waals surface area contributed by atoms with Gasteiger partial charge in [0, 0.05) is 18.4 Å². The molecule has 1 fully saturated rings. The smallest absolute Gasteiger partial charge is 0.152 e. The van der Waals surface area contributed by atoms with Crippen molar-refractivity contribution in [2.24, 2.45) is 5.73 Å². The molecule has 0 bridgehead atoms. The third-order valence-electron chi connectivity index (χ3n) is 2.84. The molecule has 13 heavy (non-hydrogen) atoms. The molecule has 3 N–H and O–H groups in total. The molecular formula is C8H17NO3S. The summed E-state index contributed by atoms with van der Waals surface area (Å²) in [7, 11) is -3.07. The first-order chi connectivity index (χ1) is 5.90. The van der Waals surface area contributed by atoms with E-state index in [0.29, 0.717) is 19.3 Å². The molecule has 0 aliphatic heterocycles. The lowest BCUT2D eigenvalue weighted by Gasteiger charge is -2.29. The Balaban J connectivity index is 2.86. The molecule has 0 amide bonds. The summed E-state index contributed by atoms with van der Waals surface area (Å²) in [5.74, 6) is 0. The number of hydrogen-bond acceptors (Lipinski definition) is 4. The summed E-state index contributed by atoms with van der Waals surface area (Å²) in [4.78, 5) is 0. The van der Waals surface area contributed by atoms with Crippen LogP contribution in [0.3, 0.4) is 0 Å². The van der Waals surface area contributed by atoms with E-state index in [1.54, 1.807) is 0 Å². The minimum atomic E-state index is -3.07. The molecule has 1 aliphatic carbocycles. The number of sulfone groups is 1. The van der Waals surface area contributed by atoms with Crippen LogP contribution < -0.4 is 5.73 Å². The topological polar surface area (TPSA) is 80.4 Å². The van der Waals surface area contributed by atoms with Gasteiger partial charge in [0.15, 0.2) is 9.84 Å². The van der Waals surface area contributed by atoms with Gasteiger partial charge < -0.3 is 10.8 Å². The first kappa shape index (κ1) is 10.9. The summed E-state index contributed by atoms with van der Waals surface area (Å²) < 4.78 is 22.7. The zero-order valence-corrected chi connectivity index (χ0v) is 8.68. The maximum absolute atomic E-state index is 11.4. The van der Waals surface area contributed by atoms with Gasteiger partial charge in [-0.25, -0.2) is 8.42 Å². The quantitative estimate of drug-likeness (QED) is 0.663. The monoisotopic (exact) mass is 207 g/mol. The van der Waals surface area contributed by atoms with E-state index < -0.39 is 20.6 Å². The maximum Gasteiger partial charge on any atom is 0.152 e. The van der Waals surface area contributed by atoms with Crippen molar-refractivity contribution in [2.45, 2.75) is 36.5 Å². The van der Waals surface area contributed by atoms with Crippen molar-refractivity contribution < 1.29 is 13.5 Å². The molecule has 2 unspecified atom stereocenters. The molecule has 5 heteroatoms. The zero-order valence-electron chi connectivity index (χ0n) is 7.86. The molecule has 0 aromatic rings. The van der Waals surface area contributed by atoms with Crippen molar-refractivity contribution in [3.05, 3.63) is 0 Å². The molecule has 0 aromatic heterocycles. The van der Waals surface area contributed by atoms with Crippen LogP contribution in [0.15, 0.2) is 0 Å². The first-order valence-corrected chi connectivity index (χ1v) is 6.44. The van der Waals surface area contributed by atoms with Gasteiger partial charge in [0.2, 0.25) is 0 Å². The summed E-state index contributed by atoms with van der Waals surface area (Å²) in [6, 6.07) is 0. The Morgan fingerprint density at radius 2 is 2.23 bits per heavy atom. The van der Waals surface area contributed by atoms with Crippen LogP contribution in [0.4, 0.5) is 0 Å². The highest BCUT2D eigenvalue weighted by Gasteiger charge is 2.44. The van der Waals surface area contributed by atoms with Gasteiger partial charge in [0.1, 0.15) is 0 Å². The maximum atomic E-state index is 11.4. The Bertz CT molecular complexity index is 275. The van der Waals surface area contributed by atoms with Crippen LogP contribution in [-0.2, 0) is 9.84 Å². The van der Waals surface area contributed by atoms with E-state index in [2.05, 4.69) is 0 Å². The molecule has 4 nitrogen and oxygen atoms in total. The van der Waals surface area contributed by atoms with Crippen molar-refractivity contribution in [3.63, 3.8) is 0 Å². The van der Waals surface area contributed by atoms with Crippen LogP contribution in [-0.4, -0.2) is 37.2 Å². The second-order valence-electron chi connectivity index (χ2n) is 3.92. The SMILES string of the molecule is CS(=O)(=O)C1CCCC1(N)CCO. The number of hydrogen-bond donors (Lipinski definition) is 2. The Hall–Kier alpha value is -0.130. The molecule has 0 radical (unpaired) electrons. The van der Waals surface area contributed by atoms with E-state index in [4.69, 9.17) is 10.8 Å². The average Bonchev–Trinajstić information content (AvgIpc) is 2.30. The Morgan fingerprint density at radius 3 is 2.69 bits per heavy atom. The Morgan fingerprint density at radius 1 is 1.62 bits per heavy atom. The highest BCUT2D eigenvalue weighted by Crippen LogP contribution is 2.34. The highest BCUT2D eigenvalue weighted by molar-refractivity contribution is 7.91. The van der Waals surface area contributed by atoms with Crippen molar-refractivity contribution in [2.75, 3.05) is 12.9 Å². The number of aliphatic hydroxyl groups is 1. The van der Waals surface area contributed by atoms with Crippen LogP contribution >= 0.6 is 0 Å². The molecule has 1 aliphatic rings. The molecule has 0 saturated heterocycles. The third kappa shape index (κ3) is 2.21. The van der Waals surface area contributed by atoms with Gasteiger partial charge in [-0.15, -0.1) is 0 Å². The minimum absolute atomic E-state index is 0.0392. The fourth-order valence-electron chi connectivity index (χ4n) is 2.20. The normalized spacial score (nSPS) is 35.2. The standard InChI is InChI=1S/C8H17NO3S/c1-13(11,12)7-3-2-4-8(7,9)5-6-10/h7,10H,2-6,9H2,1H3. The number of nitrogens with two attached hydrogens (primary N) is 1. The number of rotatable bonds is 3. The van der Waals surface area contributed by atoms with Crippen LogP contribution in [0.25, 0.3) is 0 Å². The van der Waals surface area contributed by atoms with Crippen LogP contribution in [0.2, 0.25) is 0 Å². The van der Waals surface area contributed by atoms with Gasteiger partial charge >= 0.3 is 0 Å². The molecule has 78 valence electrons. The second kappa shape index (κ2) is 3.55. The summed E-state index contributed by atoms with van der Waals surface area (Å²) in [5, 5.41) is 8.33. The van der Waals surface area contributed by atoms with Crippen LogP contribution in [0, 0.1) is 0 Å². The Kier molecular flexibility index (Phi) is 2.99. The largest absolute Gasteiger partial charge is 0.396 e. The third-order valence-corrected chi connectivity index (χ3v) is 4.58. The lowest BCUT2D eigenvalue weighted by Crippen LogP contribution is -2.50. The molecule has 0 heterocycles. The van der Waals surface area contributed by atoms with Gasteiger partial charge in [0.05, 0.1) is 5.25 Å². The van der Waals surface area contributed by atoms with Gasteiger partial charge in [-0.2, -0.15) is 0 Å². The molecular weight excluding hydrogens is 190 g/mol. The van der Waals surface area contributed by atoms with Gasteiger partial charge in [-0.05, 0) is 19.3 Å². The van der Waals surface area contributed by atoms with Gasteiger partial charge in [-0.1, -0.05) is 6.42 Å². The molecule has 0 aromatic carbocycles. The molecule has 2 atom stereocenters. The lowest BCUT2D eigenvalue weighted by atomic mass is 9.95. The summed E-state index contributed by atoms with van der Waals surface area (Å²) >= 11 is 0. The highest BCUT2D eigenvalue weighted by atomic mass is 32.2. The van der Waals surface area contributed by atoms with E-state index >= 15 is 0 Å². The zero-order chi connectivity index (χ0) is 10.1. The predicted octanol–water partition coefficient (Wildman–Crippen LogP) is -0.337. The van der Waals surface area contributed by atoms with Gasteiger partial charge in [-0.3, -0.25) is 0 Å². The van der Waals surface area contributed by atoms with E-state index in [-0.39, 0.29) is 6.61 Å². The molecule has 1 saturated carbocycles. The summed E-state index contributed by atoms with van der Waals surface area (Å²) in [6.45, 7) is -0.0392. The van der Waals surface area contributed by atoms with Gasteiger partial charge in [0.25, 0.3) is 0 Å². The summed E-state index contributed by atoms with van der Waals surface area (Å²) in [6.07, 6.45) is 3.78. The fraction of sp³-hybridized carbons (Fsp3) is 1.00. The van der Waals surface area contributed by atoms with Crippen molar-refractivity contribution in [1.29, 1.82) is 0 Å².